The third kappa shape index (κ3) is 3.95. The molecular weight excluding hydrogens is 232 g/mol. The molecule has 1 N–H and O–H groups in total. The molecule has 0 spiro atoms. The van der Waals surface area contributed by atoms with Gasteiger partial charge >= 0.3 is 6.09 Å². The lowest BCUT2D eigenvalue weighted by Gasteiger charge is -2.33. The van der Waals surface area contributed by atoms with Gasteiger partial charge < -0.3 is 14.7 Å². The molecule has 1 rings (SSSR count). The maximum atomic E-state index is 11.9. The van der Waals surface area contributed by atoms with Gasteiger partial charge in [-0.15, -0.1) is 0 Å². The maximum Gasteiger partial charge on any atom is 0.410 e. The van der Waals surface area contributed by atoms with E-state index in [4.69, 9.17) is 15.1 Å². The number of likely N-dealkylation sites (tertiary alicyclic amines) is 1. The zero-order valence-electron chi connectivity index (χ0n) is 11.1. The molecule has 0 aromatic carbocycles. The summed E-state index contributed by atoms with van der Waals surface area (Å²) in [6.07, 6.45) is 2.09. The molecule has 1 aliphatic rings. The monoisotopic (exact) mass is 252 g/mol. The van der Waals surface area contributed by atoms with Crippen LogP contribution in [-0.2, 0) is 4.74 Å². The van der Waals surface area contributed by atoms with E-state index in [-0.39, 0.29) is 12.0 Å². The molecule has 5 nitrogen and oxygen atoms in total. The molecule has 0 saturated carbocycles. The molecule has 100 valence electrons. The number of rotatable bonds is 1. The Labute approximate surface area is 108 Å². The summed E-state index contributed by atoms with van der Waals surface area (Å²) < 4.78 is 5.29. The Balaban J connectivity index is 2.65. The molecule has 1 fully saturated rings. The van der Waals surface area contributed by atoms with Crippen molar-refractivity contribution in [1.29, 1.82) is 5.26 Å². The normalized spacial score (nSPS) is 21.3. The molecule has 1 aliphatic heterocycles. The quantitative estimate of drug-likeness (QED) is 0.575. The minimum atomic E-state index is -0.519. The van der Waals surface area contributed by atoms with Crippen molar-refractivity contribution in [3.63, 3.8) is 0 Å². The van der Waals surface area contributed by atoms with Crippen LogP contribution in [0, 0.1) is 17.2 Å². The average molecular weight is 252 g/mol. The lowest BCUT2D eigenvalue weighted by atomic mass is 9.92. The van der Waals surface area contributed by atoms with Gasteiger partial charge in [0.25, 0.3) is 0 Å². The highest BCUT2D eigenvalue weighted by atomic mass is 16.6. The van der Waals surface area contributed by atoms with E-state index in [0.717, 1.165) is 19.1 Å². The van der Waals surface area contributed by atoms with Crippen LogP contribution in [0.2, 0.25) is 0 Å². The largest absolute Gasteiger partial charge is 0.515 e. The van der Waals surface area contributed by atoms with Crippen molar-refractivity contribution < 1.29 is 14.6 Å². The molecule has 18 heavy (non-hydrogen) atoms. The number of aliphatic hydroxyl groups is 1. The van der Waals surface area contributed by atoms with E-state index in [1.165, 1.54) is 0 Å². The molecule has 0 radical (unpaired) electrons. The van der Waals surface area contributed by atoms with Crippen molar-refractivity contribution in [2.75, 3.05) is 13.1 Å². The van der Waals surface area contributed by atoms with Crippen LogP contribution in [0.4, 0.5) is 4.79 Å². The van der Waals surface area contributed by atoms with Crippen molar-refractivity contribution in [3.05, 3.63) is 11.8 Å². The number of ether oxygens (including phenoxy) is 1. The summed E-state index contributed by atoms with van der Waals surface area (Å²) in [4.78, 5) is 13.5. The SMILES string of the molecule is CC(C)(C)OC(=O)N1CCCC(/C(C#N)=C\O)C1. The minimum Gasteiger partial charge on any atom is -0.515 e. The molecule has 1 saturated heterocycles. The molecule has 1 atom stereocenters. The Morgan fingerprint density at radius 1 is 1.56 bits per heavy atom. The second-order valence-electron chi connectivity index (χ2n) is 5.46. The van der Waals surface area contributed by atoms with Gasteiger partial charge in [-0.25, -0.2) is 4.79 Å². The molecule has 1 unspecified atom stereocenters. The van der Waals surface area contributed by atoms with Gasteiger partial charge in [-0.1, -0.05) is 0 Å². The van der Waals surface area contributed by atoms with E-state index in [1.54, 1.807) is 4.90 Å². The van der Waals surface area contributed by atoms with Crippen LogP contribution in [0.3, 0.4) is 0 Å². The zero-order chi connectivity index (χ0) is 13.8. The minimum absolute atomic E-state index is 0.0960. The molecule has 1 heterocycles. The Hall–Kier alpha value is -1.70. The van der Waals surface area contributed by atoms with E-state index < -0.39 is 5.60 Å². The van der Waals surface area contributed by atoms with Crippen molar-refractivity contribution in [2.24, 2.45) is 5.92 Å². The predicted octanol–water partition coefficient (Wildman–Crippen LogP) is 2.60. The van der Waals surface area contributed by atoms with Gasteiger partial charge in [0.15, 0.2) is 0 Å². The van der Waals surface area contributed by atoms with Crippen molar-refractivity contribution in [2.45, 2.75) is 39.2 Å². The van der Waals surface area contributed by atoms with E-state index >= 15 is 0 Å². The first-order chi connectivity index (χ1) is 8.37. The molecular formula is C13H20N2O3. The number of hydrogen-bond donors (Lipinski definition) is 1. The van der Waals surface area contributed by atoms with Crippen molar-refractivity contribution in [1.82, 2.24) is 4.90 Å². The summed E-state index contributed by atoms with van der Waals surface area (Å²) in [6.45, 7) is 6.52. The number of amides is 1. The third-order valence-corrected chi connectivity index (χ3v) is 2.78. The summed E-state index contributed by atoms with van der Waals surface area (Å²) in [5.41, 5.74) is -0.196. The number of nitrogens with zero attached hydrogens (tertiary/aromatic N) is 2. The Morgan fingerprint density at radius 2 is 2.22 bits per heavy atom. The summed E-state index contributed by atoms with van der Waals surface area (Å²) >= 11 is 0. The van der Waals surface area contributed by atoms with Crippen LogP contribution in [0.1, 0.15) is 33.6 Å². The molecule has 5 heteroatoms. The van der Waals surface area contributed by atoms with Gasteiger partial charge in [0.2, 0.25) is 0 Å². The Morgan fingerprint density at radius 3 is 2.72 bits per heavy atom. The lowest BCUT2D eigenvalue weighted by Crippen LogP contribution is -2.43. The van der Waals surface area contributed by atoms with Crippen LogP contribution in [0.5, 0.6) is 0 Å². The van der Waals surface area contributed by atoms with Gasteiger partial charge in [-0.3, -0.25) is 0 Å². The summed E-state index contributed by atoms with van der Waals surface area (Å²) in [5, 5.41) is 17.8. The molecule has 1 amide bonds. The van der Waals surface area contributed by atoms with Gasteiger partial charge in [0.1, 0.15) is 5.60 Å². The van der Waals surface area contributed by atoms with E-state index in [2.05, 4.69) is 0 Å². The third-order valence-electron chi connectivity index (χ3n) is 2.78. The lowest BCUT2D eigenvalue weighted by molar-refractivity contribution is 0.0183. The second kappa shape index (κ2) is 5.76. The maximum absolute atomic E-state index is 11.9. The van der Waals surface area contributed by atoms with Crippen LogP contribution >= 0.6 is 0 Å². The Kier molecular flexibility index (Phi) is 4.60. The molecule has 0 bridgehead atoms. The highest BCUT2D eigenvalue weighted by Crippen LogP contribution is 2.24. The van der Waals surface area contributed by atoms with E-state index in [0.29, 0.717) is 18.7 Å². The summed E-state index contributed by atoms with van der Waals surface area (Å²) in [5.74, 6) is -0.0960. The Bertz CT molecular complexity index is 377. The number of nitriles is 1. The van der Waals surface area contributed by atoms with E-state index in [1.807, 2.05) is 26.8 Å². The van der Waals surface area contributed by atoms with Gasteiger partial charge in [-0.05, 0) is 33.6 Å². The molecule has 0 aromatic rings. The van der Waals surface area contributed by atoms with Gasteiger partial charge in [0, 0.05) is 19.0 Å². The highest BCUT2D eigenvalue weighted by Gasteiger charge is 2.29. The van der Waals surface area contributed by atoms with Crippen molar-refractivity contribution >= 4 is 6.09 Å². The molecule has 0 aliphatic carbocycles. The fourth-order valence-corrected chi connectivity index (χ4v) is 1.95. The predicted molar refractivity (Wildman–Crippen MR) is 66.9 cm³/mol. The fraction of sp³-hybridized carbons (Fsp3) is 0.692. The summed E-state index contributed by atoms with van der Waals surface area (Å²) in [7, 11) is 0. The number of piperidine rings is 1. The van der Waals surface area contributed by atoms with Crippen LogP contribution in [0.25, 0.3) is 0 Å². The van der Waals surface area contributed by atoms with Crippen LogP contribution in [-0.4, -0.2) is 34.8 Å². The van der Waals surface area contributed by atoms with E-state index in [9.17, 15) is 4.79 Å². The van der Waals surface area contributed by atoms with Crippen molar-refractivity contribution in [3.8, 4) is 6.07 Å². The number of carbonyl (C=O) groups is 1. The number of carbonyl (C=O) groups excluding carboxylic acids is 1. The second-order valence-corrected chi connectivity index (χ2v) is 5.46. The standard InChI is InChI=1S/C13H20N2O3/c1-13(2,3)18-12(17)15-6-4-5-10(8-15)11(7-14)9-16/h9-10,16H,4-6,8H2,1-3H3/b11-9-. The average Bonchev–Trinajstić information content (AvgIpc) is 2.29. The first-order valence-electron chi connectivity index (χ1n) is 6.09. The smallest absolute Gasteiger partial charge is 0.410 e. The van der Waals surface area contributed by atoms with Crippen LogP contribution in [0.15, 0.2) is 11.8 Å². The van der Waals surface area contributed by atoms with Gasteiger partial charge in [0.05, 0.1) is 17.9 Å². The molecule has 0 aromatic heterocycles. The number of hydrogen-bond acceptors (Lipinski definition) is 4. The van der Waals surface area contributed by atoms with Crippen LogP contribution < -0.4 is 0 Å². The first-order valence-corrected chi connectivity index (χ1v) is 6.09. The highest BCUT2D eigenvalue weighted by molar-refractivity contribution is 5.68. The fourth-order valence-electron chi connectivity index (χ4n) is 1.95. The van der Waals surface area contributed by atoms with Gasteiger partial charge in [-0.2, -0.15) is 5.26 Å². The topological polar surface area (TPSA) is 73.6 Å². The zero-order valence-corrected chi connectivity index (χ0v) is 11.1. The first kappa shape index (κ1) is 14.4. The summed E-state index contributed by atoms with van der Waals surface area (Å²) in [6, 6.07) is 1.96. The number of aliphatic hydroxyl groups excluding tert-OH is 1.